The van der Waals surface area contributed by atoms with Crippen LogP contribution in [0.15, 0.2) is 53.8 Å². The summed E-state index contributed by atoms with van der Waals surface area (Å²) in [5.41, 5.74) is 1.71. The molecule has 0 fully saturated rings. The van der Waals surface area contributed by atoms with Crippen molar-refractivity contribution < 1.29 is 24.2 Å². The highest BCUT2D eigenvalue weighted by Gasteiger charge is 2.17. The van der Waals surface area contributed by atoms with Gasteiger partial charge in [0.15, 0.2) is 6.10 Å². The van der Waals surface area contributed by atoms with E-state index in [0.29, 0.717) is 12.1 Å². The summed E-state index contributed by atoms with van der Waals surface area (Å²) < 4.78 is 11.7. The maximum Gasteiger partial charge on any atom is 0.309 e. The summed E-state index contributed by atoms with van der Waals surface area (Å²) in [4.78, 5) is 16.7. The molecule has 0 aliphatic rings. The van der Waals surface area contributed by atoms with E-state index in [9.17, 15) is 9.90 Å². The highest BCUT2D eigenvalue weighted by molar-refractivity contribution is 5.71. The average molecular weight is 445 g/mol. The van der Waals surface area contributed by atoms with Gasteiger partial charge in [0.1, 0.15) is 11.8 Å². The van der Waals surface area contributed by atoms with Gasteiger partial charge >= 0.3 is 5.97 Å². The van der Waals surface area contributed by atoms with Crippen molar-refractivity contribution in [2.75, 3.05) is 20.8 Å². The normalized spacial score (nSPS) is 15.5. The summed E-state index contributed by atoms with van der Waals surface area (Å²) in [7, 11) is 2.94. The first kappa shape index (κ1) is 25.2. The van der Waals surface area contributed by atoms with Gasteiger partial charge in [-0.05, 0) is 18.9 Å². The molecule has 0 spiro atoms. The van der Waals surface area contributed by atoms with Crippen LogP contribution in [0.2, 0.25) is 0 Å². The van der Waals surface area contributed by atoms with E-state index in [-0.39, 0.29) is 37.1 Å². The van der Waals surface area contributed by atoms with Crippen LogP contribution in [0.5, 0.6) is 0 Å². The van der Waals surface area contributed by atoms with Crippen molar-refractivity contribution in [3.05, 3.63) is 59.9 Å². The number of ether oxygens (including phenoxy) is 2. The van der Waals surface area contributed by atoms with Crippen LogP contribution in [0.4, 0.5) is 0 Å². The second-order valence-electron chi connectivity index (χ2n) is 7.42. The molecule has 9 nitrogen and oxygen atoms in total. The molecule has 174 valence electrons. The molecule has 0 aliphatic heterocycles. The third kappa shape index (κ3) is 7.90. The van der Waals surface area contributed by atoms with Gasteiger partial charge in [-0.25, -0.2) is 4.68 Å². The molecule has 1 aromatic carbocycles. The van der Waals surface area contributed by atoms with Gasteiger partial charge in [0, 0.05) is 13.0 Å². The van der Waals surface area contributed by atoms with Crippen LogP contribution in [-0.4, -0.2) is 59.2 Å². The van der Waals surface area contributed by atoms with E-state index >= 15 is 0 Å². The number of rotatable bonds is 13. The van der Waals surface area contributed by atoms with E-state index in [1.807, 2.05) is 50.3 Å². The Morgan fingerprint density at radius 1 is 1.25 bits per heavy atom. The highest BCUT2D eigenvalue weighted by atomic mass is 16.6. The van der Waals surface area contributed by atoms with E-state index < -0.39 is 6.10 Å². The molecule has 1 aromatic heterocycles. The van der Waals surface area contributed by atoms with Crippen LogP contribution in [0, 0.1) is 5.92 Å². The largest absolute Gasteiger partial charge is 0.469 e. The lowest BCUT2D eigenvalue weighted by atomic mass is 10.0. The Balaban J connectivity index is 1.91. The minimum Gasteiger partial charge on any atom is -0.469 e. The van der Waals surface area contributed by atoms with Gasteiger partial charge in [0.25, 0.3) is 0 Å². The van der Waals surface area contributed by atoms with Gasteiger partial charge in [-0.3, -0.25) is 4.79 Å². The number of aliphatic hydroxyl groups excluding tert-OH is 1. The molecule has 0 amide bonds. The fourth-order valence-electron chi connectivity index (χ4n) is 3.01. The lowest BCUT2D eigenvalue weighted by Crippen LogP contribution is -2.20. The summed E-state index contributed by atoms with van der Waals surface area (Å²) in [5.74, 6) is -0.315. The molecule has 9 heteroatoms. The number of carbonyl (C=O) groups excluding carboxylic acids is 1. The zero-order valence-corrected chi connectivity index (χ0v) is 19.0. The first-order valence-electron chi connectivity index (χ1n) is 10.5. The number of hydrogen-bond donors (Lipinski definition) is 1. The van der Waals surface area contributed by atoms with Crippen LogP contribution in [0.3, 0.4) is 0 Å². The minimum absolute atomic E-state index is 0.0171. The maximum absolute atomic E-state index is 11.2. The molecule has 4 atom stereocenters. The van der Waals surface area contributed by atoms with Gasteiger partial charge in [-0.1, -0.05) is 59.8 Å². The molecule has 0 aliphatic carbocycles. The molecular weight excluding hydrogens is 412 g/mol. The van der Waals surface area contributed by atoms with Crippen molar-refractivity contribution in [2.45, 2.75) is 44.9 Å². The smallest absolute Gasteiger partial charge is 0.309 e. The molecule has 0 unspecified atom stereocenters. The molecule has 0 bridgehead atoms. The lowest BCUT2D eigenvalue weighted by molar-refractivity contribution is -0.139. The number of methoxy groups -OCH3 is 2. The molecule has 32 heavy (non-hydrogen) atoms. The summed E-state index contributed by atoms with van der Waals surface area (Å²) in [6, 6.07) is 9.70. The number of carbonyl (C=O) groups is 1. The Morgan fingerprint density at radius 2 is 2.00 bits per heavy atom. The van der Waals surface area contributed by atoms with Crippen molar-refractivity contribution in [2.24, 2.45) is 11.1 Å². The number of benzene rings is 1. The maximum atomic E-state index is 11.2. The van der Waals surface area contributed by atoms with Gasteiger partial charge < -0.3 is 19.4 Å². The number of hydrogen-bond acceptors (Lipinski definition) is 8. The number of oxime groups is 1. The monoisotopic (exact) mass is 444 g/mol. The minimum atomic E-state index is -0.432. The molecule has 1 N–H and O–H groups in total. The average Bonchev–Trinajstić information content (AvgIpc) is 3.30. The number of nitrogens with zero attached hydrogens (tertiary/aromatic N) is 4. The Kier molecular flexibility index (Phi) is 10.6. The molecule has 2 rings (SSSR count). The predicted molar refractivity (Wildman–Crippen MR) is 120 cm³/mol. The van der Waals surface area contributed by atoms with Crippen LogP contribution in [0.1, 0.15) is 43.7 Å². The van der Waals surface area contributed by atoms with E-state index in [4.69, 9.17) is 9.57 Å². The molecule has 1 heterocycles. The van der Waals surface area contributed by atoms with Crippen molar-refractivity contribution >= 4 is 12.2 Å². The summed E-state index contributed by atoms with van der Waals surface area (Å²) in [5, 5.41) is 22.1. The van der Waals surface area contributed by atoms with Crippen LogP contribution >= 0.6 is 0 Å². The van der Waals surface area contributed by atoms with Crippen molar-refractivity contribution in [1.29, 1.82) is 0 Å². The van der Waals surface area contributed by atoms with Crippen LogP contribution < -0.4 is 0 Å². The number of esters is 1. The zero-order chi connectivity index (χ0) is 23.3. The quantitative estimate of drug-likeness (QED) is 0.219. The highest BCUT2D eigenvalue weighted by Crippen LogP contribution is 2.18. The van der Waals surface area contributed by atoms with Crippen molar-refractivity contribution in [1.82, 2.24) is 15.0 Å². The Labute approximate surface area is 188 Å². The van der Waals surface area contributed by atoms with Crippen molar-refractivity contribution in [3.63, 3.8) is 0 Å². The molecular formula is C23H32N4O5. The second kappa shape index (κ2) is 13.4. The van der Waals surface area contributed by atoms with Crippen LogP contribution in [0.25, 0.3) is 0 Å². The topological polar surface area (TPSA) is 108 Å². The summed E-state index contributed by atoms with van der Waals surface area (Å²) in [6.07, 6.45) is 7.03. The van der Waals surface area contributed by atoms with E-state index in [1.54, 1.807) is 30.3 Å². The fourth-order valence-corrected chi connectivity index (χ4v) is 3.01. The molecule has 0 saturated heterocycles. The standard InChI is InChI=1S/C23H32N4O5/c1-17(9-8-12-23(29)31-4)22(30-3)14-24-32-18(2)21-15-27(26-25-21)20(16-28)13-19-10-6-5-7-11-19/h5-11,14-15,17-18,20,22,28H,12-13,16H2,1-4H3/b9-8+,24-14+/t17-,18-,20+,22-/m1/s1. The Bertz CT molecular complexity index is 868. The number of aliphatic hydroxyl groups is 1. The van der Waals surface area contributed by atoms with Gasteiger partial charge in [-0.2, -0.15) is 0 Å². The van der Waals surface area contributed by atoms with Gasteiger partial charge in [-0.15, -0.1) is 5.10 Å². The Hall–Kier alpha value is -3.04. The predicted octanol–water partition coefficient (Wildman–Crippen LogP) is 2.89. The van der Waals surface area contributed by atoms with Gasteiger partial charge in [0.2, 0.25) is 0 Å². The third-order valence-electron chi connectivity index (χ3n) is 5.01. The lowest BCUT2D eigenvalue weighted by Gasteiger charge is -2.15. The zero-order valence-electron chi connectivity index (χ0n) is 19.0. The molecule has 2 aromatic rings. The summed E-state index contributed by atoms with van der Waals surface area (Å²) >= 11 is 0. The van der Waals surface area contributed by atoms with E-state index in [0.717, 1.165) is 5.56 Å². The van der Waals surface area contributed by atoms with E-state index in [1.165, 1.54) is 7.11 Å². The summed E-state index contributed by atoms with van der Waals surface area (Å²) in [6.45, 7) is 3.71. The third-order valence-corrected chi connectivity index (χ3v) is 5.01. The fraction of sp³-hybridized carbons (Fsp3) is 0.478. The second-order valence-corrected chi connectivity index (χ2v) is 7.42. The van der Waals surface area contributed by atoms with Crippen molar-refractivity contribution in [3.8, 4) is 0 Å². The SMILES string of the molecule is COC(=O)C/C=C/[C@@H](C)[C@@H](/C=N/O[C@H](C)c1cn([C@H](CO)Cc2ccccc2)nn1)OC. The molecule has 0 radical (unpaired) electrons. The van der Waals surface area contributed by atoms with Gasteiger partial charge in [0.05, 0.1) is 38.6 Å². The first-order valence-corrected chi connectivity index (χ1v) is 10.5. The van der Waals surface area contributed by atoms with Crippen LogP contribution in [-0.2, 0) is 25.5 Å². The number of aromatic nitrogens is 3. The molecule has 0 saturated carbocycles. The van der Waals surface area contributed by atoms with E-state index in [2.05, 4.69) is 20.2 Å². The first-order chi connectivity index (χ1) is 15.5. The Morgan fingerprint density at radius 3 is 2.66 bits per heavy atom.